The van der Waals surface area contributed by atoms with Crippen LogP contribution in [0.3, 0.4) is 0 Å². The predicted molar refractivity (Wildman–Crippen MR) is 70.5 cm³/mol. The zero-order valence-corrected chi connectivity index (χ0v) is 11.1. The zero-order valence-electron chi connectivity index (χ0n) is 8.88. The summed E-state index contributed by atoms with van der Waals surface area (Å²) in [6.45, 7) is 1.88. The van der Waals surface area contributed by atoms with E-state index in [1.54, 1.807) is 30.5 Å². The lowest BCUT2D eigenvalue weighted by atomic mass is 10.3. The summed E-state index contributed by atoms with van der Waals surface area (Å²) < 4.78 is 5.64. The van der Waals surface area contributed by atoms with Crippen molar-refractivity contribution < 1.29 is 4.74 Å². The maximum atomic E-state index is 6.00. The molecule has 88 valence electrons. The van der Waals surface area contributed by atoms with Gasteiger partial charge in [-0.05, 0) is 30.7 Å². The van der Waals surface area contributed by atoms with E-state index in [0.29, 0.717) is 26.7 Å². The van der Waals surface area contributed by atoms with Crippen molar-refractivity contribution in [1.82, 2.24) is 4.98 Å². The molecule has 2 rings (SSSR count). The lowest BCUT2D eigenvalue weighted by Gasteiger charge is -2.09. The van der Waals surface area contributed by atoms with Gasteiger partial charge in [-0.2, -0.15) is 0 Å². The second-order valence-electron chi connectivity index (χ2n) is 3.45. The third-order valence-corrected chi connectivity index (χ3v) is 2.90. The molecule has 17 heavy (non-hydrogen) atoms. The smallest absolute Gasteiger partial charge is 0.148 e. The standard InChI is InChI=1S/C12H8Cl3NO/c1-7-4-12(15)16-6-11(7)17-10-5-8(13)2-3-9(10)14/h2-6H,1H3. The average molecular weight is 289 g/mol. The van der Waals surface area contributed by atoms with Crippen LogP contribution in [0.1, 0.15) is 5.56 Å². The SMILES string of the molecule is Cc1cc(Cl)ncc1Oc1cc(Cl)ccc1Cl. The maximum Gasteiger partial charge on any atom is 0.148 e. The molecule has 1 aromatic carbocycles. The van der Waals surface area contributed by atoms with Gasteiger partial charge in [0.1, 0.15) is 16.7 Å². The predicted octanol–water partition coefficient (Wildman–Crippen LogP) is 5.14. The van der Waals surface area contributed by atoms with Crippen molar-refractivity contribution in [3.63, 3.8) is 0 Å². The van der Waals surface area contributed by atoms with Gasteiger partial charge >= 0.3 is 0 Å². The second kappa shape index (κ2) is 5.13. The molecule has 0 saturated carbocycles. The molecule has 0 N–H and O–H groups in total. The summed E-state index contributed by atoms with van der Waals surface area (Å²) in [4.78, 5) is 3.95. The molecular formula is C12H8Cl3NO. The molecule has 0 amide bonds. The van der Waals surface area contributed by atoms with Crippen LogP contribution >= 0.6 is 34.8 Å². The number of pyridine rings is 1. The summed E-state index contributed by atoms with van der Waals surface area (Å²) in [6, 6.07) is 6.74. The minimum absolute atomic E-state index is 0.423. The van der Waals surface area contributed by atoms with E-state index < -0.39 is 0 Å². The molecule has 0 saturated heterocycles. The van der Waals surface area contributed by atoms with E-state index in [2.05, 4.69) is 4.98 Å². The summed E-state index contributed by atoms with van der Waals surface area (Å²) in [5, 5.41) is 1.47. The van der Waals surface area contributed by atoms with Crippen LogP contribution in [-0.4, -0.2) is 4.98 Å². The van der Waals surface area contributed by atoms with Crippen molar-refractivity contribution in [3.8, 4) is 11.5 Å². The van der Waals surface area contributed by atoms with E-state index in [0.717, 1.165) is 5.56 Å². The molecule has 0 spiro atoms. The highest BCUT2D eigenvalue weighted by Gasteiger charge is 2.07. The number of ether oxygens (including phenoxy) is 1. The summed E-state index contributed by atoms with van der Waals surface area (Å²) in [6.07, 6.45) is 1.55. The Bertz CT molecular complexity index is 557. The molecule has 5 heteroatoms. The molecule has 0 fully saturated rings. The van der Waals surface area contributed by atoms with Gasteiger partial charge in [-0.15, -0.1) is 0 Å². The minimum atomic E-state index is 0.423. The summed E-state index contributed by atoms with van der Waals surface area (Å²) in [7, 11) is 0. The normalized spacial score (nSPS) is 10.4. The summed E-state index contributed by atoms with van der Waals surface area (Å²) >= 11 is 17.6. The van der Waals surface area contributed by atoms with Gasteiger partial charge in [-0.1, -0.05) is 34.8 Å². The summed E-state index contributed by atoms with van der Waals surface area (Å²) in [5.74, 6) is 1.09. The Morgan fingerprint density at radius 2 is 1.82 bits per heavy atom. The maximum absolute atomic E-state index is 6.00. The van der Waals surface area contributed by atoms with E-state index in [9.17, 15) is 0 Å². The number of hydrogen-bond acceptors (Lipinski definition) is 2. The number of halogens is 3. The molecule has 1 aromatic heterocycles. The number of nitrogens with zero attached hydrogens (tertiary/aromatic N) is 1. The molecule has 0 aliphatic heterocycles. The van der Waals surface area contributed by atoms with E-state index >= 15 is 0 Å². The Morgan fingerprint density at radius 1 is 1.06 bits per heavy atom. The fourth-order valence-electron chi connectivity index (χ4n) is 1.29. The number of benzene rings is 1. The van der Waals surface area contributed by atoms with Crippen LogP contribution in [0.5, 0.6) is 11.5 Å². The van der Waals surface area contributed by atoms with Crippen LogP contribution in [0.25, 0.3) is 0 Å². The van der Waals surface area contributed by atoms with Crippen LogP contribution in [0.2, 0.25) is 15.2 Å². The monoisotopic (exact) mass is 287 g/mol. The Labute approximate surface area is 114 Å². The van der Waals surface area contributed by atoms with Gasteiger partial charge in [0, 0.05) is 11.1 Å². The minimum Gasteiger partial charge on any atom is -0.454 e. The highest BCUT2D eigenvalue weighted by Crippen LogP contribution is 2.33. The molecule has 0 atom stereocenters. The van der Waals surface area contributed by atoms with Crippen molar-refractivity contribution in [3.05, 3.63) is 51.2 Å². The third kappa shape index (κ3) is 3.03. The van der Waals surface area contributed by atoms with Crippen LogP contribution in [0.15, 0.2) is 30.5 Å². The molecule has 0 bridgehead atoms. The van der Waals surface area contributed by atoms with Crippen LogP contribution in [-0.2, 0) is 0 Å². The van der Waals surface area contributed by atoms with Crippen molar-refractivity contribution in [1.29, 1.82) is 0 Å². The van der Waals surface area contributed by atoms with Gasteiger partial charge in [0.05, 0.1) is 11.2 Å². The first kappa shape index (κ1) is 12.5. The lowest BCUT2D eigenvalue weighted by molar-refractivity contribution is 0.477. The van der Waals surface area contributed by atoms with Gasteiger partial charge in [0.15, 0.2) is 0 Å². The average Bonchev–Trinajstić information content (AvgIpc) is 2.27. The number of hydrogen-bond donors (Lipinski definition) is 0. The van der Waals surface area contributed by atoms with Gasteiger partial charge in [-0.25, -0.2) is 4.98 Å². The number of rotatable bonds is 2. The van der Waals surface area contributed by atoms with Crippen molar-refractivity contribution >= 4 is 34.8 Å². The molecule has 0 aliphatic carbocycles. The molecular weight excluding hydrogens is 280 g/mol. The van der Waals surface area contributed by atoms with Gasteiger partial charge in [0.2, 0.25) is 0 Å². The lowest BCUT2D eigenvalue weighted by Crippen LogP contribution is -1.90. The Kier molecular flexibility index (Phi) is 3.77. The molecule has 0 aliphatic rings. The van der Waals surface area contributed by atoms with Gasteiger partial charge in [0.25, 0.3) is 0 Å². The first-order chi connectivity index (χ1) is 8.06. The van der Waals surface area contributed by atoms with E-state index in [-0.39, 0.29) is 0 Å². The molecule has 2 aromatic rings. The number of aromatic nitrogens is 1. The first-order valence-corrected chi connectivity index (χ1v) is 5.94. The zero-order chi connectivity index (χ0) is 12.4. The van der Waals surface area contributed by atoms with E-state index in [1.807, 2.05) is 6.92 Å². The Hall–Kier alpha value is -0.960. The first-order valence-electron chi connectivity index (χ1n) is 4.81. The topological polar surface area (TPSA) is 22.1 Å². The number of aryl methyl sites for hydroxylation is 1. The Balaban J connectivity index is 2.34. The second-order valence-corrected chi connectivity index (χ2v) is 4.68. The molecule has 2 nitrogen and oxygen atoms in total. The van der Waals surface area contributed by atoms with Crippen LogP contribution < -0.4 is 4.74 Å². The molecule has 0 unspecified atom stereocenters. The van der Waals surface area contributed by atoms with Gasteiger partial charge < -0.3 is 4.74 Å². The highest BCUT2D eigenvalue weighted by molar-refractivity contribution is 6.34. The van der Waals surface area contributed by atoms with Crippen LogP contribution in [0.4, 0.5) is 0 Å². The van der Waals surface area contributed by atoms with Crippen molar-refractivity contribution in [2.24, 2.45) is 0 Å². The van der Waals surface area contributed by atoms with Crippen molar-refractivity contribution in [2.45, 2.75) is 6.92 Å². The molecule has 1 heterocycles. The third-order valence-electron chi connectivity index (χ3n) is 2.14. The van der Waals surface area contributed by atoms with Crippen molar-refractivity contribution in [2.75, 3.05) is 0 Å². The fraction of sp³-hybridized carbons (Fsp3) is 0.0833. The highest BCUT2D eigenvalue weighted by atomic mass is 35.5. The van der Waals surface area contributed by atoms with E-state index in [1.165, 1.54) is 0 Å². The molecule has 0 radical (unpaired) electrons. The van der Waals surface area contributed by atoms with Gasteiger partial charge in [-0.3, -0.25) is 0 Å². The van der Waals surface area contributed by atoms with E-state index in [4.69, 9.17) is 39.5 Å². The summed E-state index contributed by atoms with van der Waals surface area (Å²) in [5.41, 5.74) is 0.876. The largest absolute Gasteiger partial charge is 0.454 e. The fourth-order valence-corrected chi connectivity index (χ4v) is 1.82. The quantitative estimate of drug-likeness (QED) is 0.714. The van der Waals surface area contributed by atoms with Crippen LogP contribution in [0, 0.1) is 6.92 Å². The Morgan fingerprint density at radius 3 is 2.53 bits per heavy atom.